The van der Waals surface area contributed by atoms with Gasteiger partial charge in [-0.1, -0.05) is 37.3 Å². The number of hydrogen-bond donors (Lipinski definition) is 4. The van der Waals surface area contributed by atoms with E-state index in [1.165, 1.54) is 44.9 Å². The highest BCUT2D eigenvalue weighted by molar-refractivity contribution is 6.34. The molecule has 0 heterocycles. The van der Waals surface area contributed by atoms with Crippen LogP contribution in [0.2, 0.25) is 5.02 Å². The molecule has 1 aromatic carbocycles. The Balaban J connectivity index is 1.47. The quantitative estimate of drug-likeness (QED) is 0.405. The van der Waals surface area contributed by atoms with Crippen molar-refractivity contribution in [3.8, 4) is 0 Å². The van der Waals surface area contributed by atoms with Gasteiger partial charge in [-0.05, 0) is 75.6 Å². The molecule has 0 spiro atoms. The number of hydrogen-bond acceptors (Lipinski definition) is 4. The number of aliphatic hydroxyl groups is 1. The van der Waals surface area contributed by atoms with E-state index in [2.05, 4.69) is 16.0 Å². The highest BCUT2D eigenvalue weighted by Gasteiger charge is 2.39. The van der Waals surface area contributed by atoms with E-state index in [-0.39, 0.29) is 5.91 Å². The van der Waals surface area contributed by atoms with Crippen LogP contribution in [0, 0.1) is 11.3 Å². The molecule has 1 aromatic rings. The molecule has 30 heavy (non-hydrogen) atoms. The fourth-order valence-corrected chi connectivity index (χ4v) is 5.26. The predicted molar refractivity (Wildman–Crippen MR) is 124 cm³/mol. The van der Waals surface area contributed by atoms with E-state index >= 15 is 0 Å². The zero-order valence-corrected chi connectivity index (χ0v) is 19.3. The average Bonchev–Trinajstić information content (AvgIpc) is 2.69. The summed E-state index contributed by atoms with van der Waals surface area (Å²) in [6, 6.07) is 5.54. The number of nitrogens with one attached hydrogen (secondary N) is 3. The first kappa shape index (κ1) is 23.4. The van der Waals surface area contributed by atoms with Crippen LogP contribution in [-0.4, -0.2) is 42.8 Å². The SMILES string of the molecule is CC(C)(O)CCNCCNc1ccc(Cl)c(C(=O)NCC23CCCC(CCC2)C3)c1. The summed E-state index contributed by atoms with van der Waals surface area (Å²) in [5.74, 6) is 0.784. The van der Waals surface area contributed by atoms with E-state index in [4.69, 9.17) is 11.6 Å². The van der Waals surface area contributed by atoms with Crippen LogP contribution in [0.25, 0.3) is 0 Å². The third kappa shape index (κ3) is 6.86. The second-order valence-electron chi connectivity index (χ2n) is 9.97. The van der Waals surface area contributed by atoms with Gasteiger partial charge in [-0.25, -0.2) is 0 Å². The van der Waals surface area contributed by atoms with Crippen LogP contribution >= 0.6 is 11.6 Å². The minimum Gasteiger partial charge on any atom is -0.390 e. The van der Waals surface area contributed by atoms with Gasteiger partial charge in [0, 0.05) is 25.3 Å². The molecule has 0 saturated heterocycles. The topological polar surface area (TPSA) is 73.4 Å². The highest BCUT2D eigenvalue weighted by atomic mass is 35.5. The molecule has 2 aliphatic rings. The Morgan fingerprint density at radius 1 is 1.20 bits per heavy atom. The van der Waals surface area contributed by atoms with Crippen LogP contribution in [0.4, 0.5) is 5.69 Å². The third-order valence-corrected chi connectivity index (χ3v) is 7.07. The van der Waals surface area contributed by atoms with Gasteiger partial charge in [0.2, 0.25) is 0 Å². The Hall–Kier alpha value is -1.30. The fraction of sp³-hybridized carbons (Fsp3) is 0.708. The number of halogens is 1. The van der Waals surface area contributed by atoms with Crippen molar-refractivity contribution in [1.82, 2.24) is 10.6 Å². The van der Waals surface area contributed by atoms with Gasteiger partial charge in [0.25, 0.3) is 5.91 Å². The van der Waals surface area contributed by atoms with Gasteiger partial charge in [-0.15, -0.1) is 0 Å². The zero-order valence-electron chi connectivity index (χ0n) is 18.5. The number of carbonyl (C=O) groups is 1. The standard InChI is InChI=1S/C24H38ClN3O2/c1-23(2,30)11-12-26-13-14-27-19-7-8-21(25)20(15-19)22(29)28-17-24-9-3-5-18(16-24)6-4-10-24/h7-8,15,18,26-27,30H,3-6,9-14,16-17H2,1-2H3,(H,28,29). The molecule has 3 rings (SSSR count). The number of benzene rings is 1. The summed E-state index contributed by atoms with van der Waals surface area (Å²) in [6.45, 7) is 6.67. The number of fused-ring (bicyclic) bond motifs is 2. The van der Waals surface area contributed by atoms with Crippen LogP contribution in [0.1, 0.15) is 75.6 Å². The molecule has 2 fully saturated rings. The first-order chi connectivity index (χ1) is 14.3. The lowest BCUT2D eigenvalue weighted by Gasteiger charge is -2.45. The van der Waals surface area contributed by atoms with Crippen molar-refractivity contribution in [2.24, 2.45) is 11.3 Å². The van der Waals surface area contributed by atoms with Gasteiger partial charge in [0.1, 0.15) is 0 Å². The first-order valence-corrected chi connectivity index (χ1v) is 11.9. The smallest absolute Gasteiger partial charge is 0.252 e. The molecule has 1 amide bonds. The summed E-state index contributed by atoms with van der Waals surface area (Å²) in [6.07, 6.45) is 9.77. The molecule has 168 valence electrons. The van der Waals surface area contributed by atoms with Crippen molar-refractivity contribution >= 4 is 23.2 Å². The number of carbonyl (C=O) groups excluding carboxylic acids is 1. The minimum absolute atomic E-state index is 0.0750. The summed E-state index contributed by atoms with van der Waals surface area (Å²) in [7, 11) is 0. The summed E-state index contributed by atoms with van der Waals surface area (Å²) >= 11 is 6.34. The molecule has 6 heteroatoms. The van der Waals surface area contributed by atoms with Gasteiger partial charge in [0.05, 0.1) is 16.2 Å². The largest absolute Gasteiger partial charge is 0.390 e. The number of amides is 1. The molecule has 0 aliphatic heterocycles. The maximum absolute atomic E-state index is 12.9. The molecule has 2 bridgehead atoms. The molecule has 0 atom stereocenters. The second-order valence-corrected chi connectivity index (χ2v) is 10.4. The van der Waals surface area contributed by atoms with E-state index in [1.807, 2.05) is 26.0 Å². The van der Waals surface area contributed by atoms with Crippen molar-refractivity contribution < 1.29 is 9.90 Å². The van der Waals surface area contributed by atoms with Crippen molar-refractivity contribution in [1.29, 1.82) is 0 Å². The summed E-state index contributed by atoms with van der Waals surface area (Å²) in [5, 5.41) is 20.1. The van der Waals surface area contributed by atoms with E-state index < -0.39 is 5.60 Å². The highest BCUT2D eigenvalue weighted by Crippen LogP contribution is 2.48. The van der Waals surface area contributed by atoms with Crippen LogP contribution in [0.15, 0.2) is 18.2 Å². The number of rotatable bonds is 10. The fourth-order valence-electron chi connectivity index (χ4n) is 5.06. The molecule has 2 saturated carbocycles. The summed E-state index contributed by atoms with van der Waals surface area (Å²) in [5.41, 5.74) is 1.08. The van der Waals surface area contributed by atoms with Crippen LogP contribution in [0.5, 0.6) is 0 Å². The lowest BCUT2D eigenvalue weighted by molar-refractivity contribution is 0.0681. The van der Waals surface area contributed by atoms with Crippen molar-refractivity contribution in [2.75, 3.05) is 31.5 Å². The van der Waals surface area contributed by atoms with Crippen LogP contribution < -0.4 is 16.0 Å². The monoisotopic (exact) mass is 435 g/mol. The zero-order chi connectivity index (χ0) is 21.6. The maximum atomic E-state index is 12.9. The van der Waals surface area contributed by atoms with Crippen molar-refractivity contribution in [3.05, 3.63) is 28.8 Å². The van der Waals surface area contributed by atoms with Crippen LogP contribution in [-0.2, 0) is 0 Å². The lowest BCUT2D eigenvalue weighted by Crippen LogP contribution is -2.43. The normalized spacial score (nSPS) is 23.8. The van der Waals surface area contributed by atoms with E-state index in [9.17, 15) is 9.90 Å². The minimum atomic E-state index is -0.644. The molecule has 0 radical (unpaired) electrons. The van der Waals surface area contributed by atoms with Gasteiger partial charge in [-0.3, -0.25) is 4.79 Å². The van der Waals surface area contributed by atoms with Crippen LogP contribution in [0.3, 0.4) is 0 Å². The van der Waals surface area contributed by atoms with E-state index in [0.717, 1.165) is 37.8 Å². The first-order valence-electron chi connectivity index (χ1n) is 11.5. The summed E-state index contributed by atoms with van der Waals surface area (Å²) in [4.78, 5) is 12.9. The molecule has 4 N–H and O–H groups in total. The molecule has 0 aromatic heterocycles. The molecule has 5 nitrogen and oxygen atoms in total. The maximum Gasteiger partial charge on any atom is 0.252 e. The molecular weight excluding hydrogens is 398 g/mol. The van der Waals surface area contributed by atoms with E-state index in [0.29, 0.717) is 22.4 Å². The van der Waals surface area contributed by atoms with Crippen molar-refractivity contribution in [3.63, 3.8) is 0 Å². The Labute approximate surface area is 186 Å². The van der Waals surface area contributed by atoms with Gasteiger partial charge in [0.15, 0.2) is 0 Å². The molecular formula is C24H38ClN3O2. The second kappa shape index (κ2) is 10.3. The average molecular weight is 436 g/mol. The lowest BCUT2D eigenvalue weighted by atomic mass is 9.62. The molecule has 0 unspecified atom stereocenters. The van der Waals surface area contributed by atoms with Gasteiger partial charge < -0.3 is 21.1 Å². The van der Waals surface area contributed by atoms with Gasteiger partial charge in [-0.2, -0.15) is 0 Å². The van der Waals surface area contributed by atoms with E-state index in [1.54, 1.807) is 6.07 Å². The third-order valence-electron chi connectivity index (χ3n) is 6.74. The summed E-state index contributed by atoms with van der Waals surface area (Å²) < 4.78 is 0. The number of anilines is 1. The predicted octanol–water partition coefficient (Wildman–Crippen LogP) is 4.59. The Bertz CT molecular complexity index is 707. The Morgan fingerprint density at radius 2 is 1.93 bits per heavy atom. The molecule has 2 aliphatic carbocycles. The Morgan fingerprint density at radius 3 is 2.63 bits per heavy atom. The van der Waals surface area contributed by atoms with Crippen molar-refractivity contribution in [2.45, 2.75) is 70.8 Å². The van der Waals surface area contributed by atoms with Gasteiger partial charge >= 0.3 is 0 Å². The Kier molecular flexibility index (Phi) is 8.05.